The molecule has 0 unspecified atom stereocenters. The lowest BCUT2D eigenvalue weighted by molar-refractivity contribution is -0.115. The number of nitrogens with one attached hydrogen (secondary N) is 2. The molecule has 1 aromatic carbocycles. The summed E-state index contributed by atoms with van der Waals surface area (Å²) in [5, 5.41) is 5.67. The Bertz CT molecular complexity index is 1050. The first kappa shape index (κ1) is 24.3. The van der Waals surface area contributed by atoms with Crippen molar-refractivity contribution in [2.24, 2.45) is 5.73 Å². The summed E-state index contributed by atoms with van der Waals surface area (Å²) >= 11 is 6.24. The van der Waals surface area contributed by atoms with Crippen LogP contribution in [0.25, 0.3) is 0 Å². The zero-order valence-electron chi connectivity index (χ0n) is 18.4. The SMILES string of the molecule is CC[C@H]1C[C@@H](NC(=O)c2cc3c(cc2Cl)NC(=O)C3)C[C@@H](F)N1S(=O)(=O)N1CCC(N)CC1. The number of piperidine rings is 2. The Balaban J connectivity index is 1.46. The number of carbonyl (C=O) groups is 2. The van der Waals surface area contributed by atoms with Crippen LogP contribution in [0, 0.1) is 0 Å². The van der Waals surface area contributed by atoms with E-state index in [-0.39, 0.29) is 54.9 Å². The summed E-state index contributed by atoms with van der Waals surface area (Å²) in [5.41, 5.74) is 7.33. The van der Waals surface area contributed by atoms with Crippen LogP contribution in [0.15, 0.2) is 12.1 Å². The van der Waals surface area contributed by atoms with E-state index in [4.69, 9.17) is 17.3 Å². The highest BCUT2D eigenvalue weighted by Gasteiger charge is 2.45. The number of rotatable bonds is 5. The maximum absolute atomic E-state index is 15.3. The number of hydrogen-bond acceptors (Lipinski definition) is 5. The lowest BCUT2D eigenvalue weighted by Crippen LogP contribution is -2.59. The van der Waals surface area contributed by atoms with Crippen LogP contribution in [0.1, 0.15) is 54.9 Å². The molecule has 0 aromatic heterocycles. The van der Waals surface area contributed by atoms with Crippen LogP contribution >= 0.6 is 11.6 Å². The van der Waals surface area contributed by atoms with Crippen LogP contribution in [0.2, 0.25) is 5.02 Å². The van der Waals surface area contributed by atoms with Gasteiger partial charge in [-0.3, -0.25) is 9.59 Å². The van der Waals surface area contributed by atoms with E-state index in [0.717, 1.165) is 4.31 Å². The van der Waals surface area contributed by atoms with Gasteiger partial charge in [0.1, 0.15) is 0 Å². The first-order valence-corrected chi connectivity index (χ1v) is 13.0. The van der Waals surface area contributed by atoms with Gasteiger partial charge in [0, 0.05) is 43.3 Å². The number of nitrogens with two attached hydrogens (primary N) is 1. The summed E-state index contributed by atoms with van der Waals surface area (Å²) in [6.45, 7) is 2.35. The molecule has 9 nitrogen and oxygen atoms in total. The Morgan fingerprint density at radius 1 is 1.30 bits per heavy atom. The third kappa shape index (κ3) is 4.88. The maximum atomic E-state index is 15.3. The Kier molecular flexibility index (Phi) is 6.97. The van der Waals surface area contributed by atoms with E-state index in [2.05, 4.69) is 10.6 Å². The van der Waals surface area contributed by atoms with Crippen molar-refractivity contribution in [3.05, 3.63) is 28.3 Å². The lowest BCUT2D eigenvalue weighted by atomic mass is 9.96. The average Bonchev–Trinajstić information content (AvgIpc) is 3.11. The quantitative estimate of drug-likeness (QED) is 0.530. The van der Waals surface area contributed by atoms with Crippen LogP contribution in [0.4, 0.5) is 10.1 Å². The van der Waals surface area contributed by atoms with Gasteiger partial charge in [-0.05, 0) is 43.4 Å². The highest BCUT2D eigenvalue weighted by Crippen LogP contribution is 2.33. The van der Waals surface area contributed by atoms with E-state index >= 15 is 4.39 Å². The number of fused-ring (bicyclic) bond motifs is 1. The van der Waals surface area contributed by atoms with Gasteiger partial charge in [-0.25, -0.2) is 4.39 Å². The van der Waals surface area contributed by atoms with E-state index in [0.29, 0.717) is 30.5 Å². The summed E-state index contributed by atoms with van der Waals surface area (Å²) in [6, 6.07) is 1.92. The number of anilines is 1. The second-order valence-electron chi connectivity index (χ2n) is 8.93. The van der Waals surface area contributed by atoms with Crippen molar-refractivity contribution in [2.75, 3.05) is 18.4 Å². The van der Waals surface area contributed by atoms with Crippen LogP contribution in [-0.2, 0) is 21.4 Å². The molecule has 3 heterocycles. The molecular weight excluding hydrogens is 473 g/mol. The minimum Gasteiger partial charge on any atom is -0.349 e. The first-order valence-electron chi connectivity index (χ1n) is 11.2. The van der Waals surface area contributed by atoms with E-state index in [1.165, 1.54) is 10.4 Å². The smallest absolute Gasteiger partial charge is 0.284 e. The van der Waals surface area contributed by atoms with Gasteiger partial charge in [0.15, 0.2) is 6.30 Å². The monoisotopic (exact) mass is 501 g/mol. The predicted octanol–water partition coefficient (Wildman–Crippen LogP) is 1.77. The topological polar surface area (TPSA) is 125 Å². The fourth-order valence-electron chi connectivity index (χ4n) is 4.82. The van der Waals surface area contributed by atoms with Gasteiger partial charge >= 0.3 is 0 Å². The van der Waals surface area contributed by atoms with E-state index in [1.807, 2.05) is 0 Å². The van der Waals surface area contributed by atoms with E-state index in [1.54, 1.807) is 13.0 Å². The lowest BCUT2D eigenvalue weighted by Gasteiger charge is -2.43. The summed E-state index contributed by atoms with van der Waals surface area (Å²) < 4.78 is 43.9. The molecule has 4 rings (SSSR count). The summed E-state index contributed by atoms with van der Waals surface area (Å²) in [4.78, 5) is 24.5. The summed E-state index contributed by atoms with van der Waals surface area (Å²) in [5.74, 6) is -0.649. The van der Waals surface area contributed by atoms with Crippen molar-refractivity contribution >= 4 is 39.3 Å². The van der Waals surface area contributed by atoms with Gasteiger partial charge in [-0.2, -0.15) is 17.0 Å². The van der Waals surface area contributed by atoms with Crippen molar-refractivity contribution in [3.63, 3.8) is 0 Å². The normalized spacial score (nSPS) is 27.3. The van der Waals surface area contributed by atoms with Gasteiger partial charge in [0.05, 0.1) is 17.0 Å². The number of alkyl halides is 1. The minimum atomic E-state index is -3.98. The number of hydrogen-bond donors (Lipinski definition) is 3. The molecule has 12 heteroatoms. The Hall–Kier alpha value is -1.79. The van der Waals surface area contributed by atoms with Gasteiger partial charge in [-0.1, -0.05) is 18.5 Å². The zero-order chi connectivity index (χ0) is 23.9. The van der Waals surface area contributed by atoms with Crippen LogP contribution in [0.5, 0.6) is 0 Å². The molecule has 182 valence electrons. The van der Waals surface area contributed by atoms with Gasteiger partial charge in [0.2, 0.25) is 5.91 Å². The molecule has 4 N–H and O–H groups in total. The third-order valence-corrected chi connectivity index (χ3v) is 9.02. The predicted molar refractivity (Wildman–Crippen MR) is 123 cm³/mol. The number of amides is 2. The molecule has 0 bridgehead atoms. The van der Waals surface area contributed by atoms with E-state index < -0.39 is 34.5 Å². The molecule has 0 radical (unpaired) electrons. The summed E-state index contributed by atoms with van der Waals surface area (Å²) in [6.07, 6.45) is 0.0354. The molecule has 3 aliphatic rings. The molecule has 0 aliphatic carbocycles. The maximum Gasteiger partial charge on any atom is 0.284 e. The molecule has 33 heavy (non-hydrogen) atoms. The van der Waals surface area contributed by atoms with Gasteiger partial charge in [0.25, 0.3) is 16.1 Å². The molecule has 3 aliphatic heterocycles. The number of carbonyl (C=O) groups excluding carboxylic acids is 2. The number of nitrogens with zero attached hydrogens (tertiary/aromatic N) is 2. The van der Waals surface area contributed by atoms with Crippen molar-refractivity contribution in [3.8, 4) is 0 Å². The molecule has 3 atom stereocenters. The Morgan fingerprint density at radius 2 is 2.00 bits per heavy atom. The Labute approximate surface area is 198 Å². The van der Waals surface area contributed by atoms with Gasteiger partial charge < -0.3 is 16.4 Å². The van der Waals surface area contributed by atoms with Gasteiger partial charge in [-0.15, -0.1) is 0 Å². The fraction of sp³-hybridized carbons (Fsp3) is 0.619. The largest absolute Gasteiger partial charge is 0.349 e. The fourth-order valence-corrected chi connectivity index (χ4v) is 6.99. The number of benzene rings is 1. The van der Waals surface area contributed by atoms with Crippen molar-refractivity contribution in [2.45, 2.75) is 69.9 Å². The van der Waals surface area contributed by atoms with Crippen LogP contribution < -0.4 is 16.4 Å². The van der Waals surface area contributed by atoms with Crippen molar-refractivity contribution < 1.29 is 22.4 Å². The van der Waals surface area contributed by atoms with Crippen molar-refractivity contribution in [1.82, 2.24) is 13.9 Å². The van der Waals surface area contributed by atoms with Crippen LogP contribution in [-0.4, -0.2) is 66.4 Å². The molecule has 0 saturated carbocycles. The molecule has 0 spiro atoms. The molecule has 2 amide bonds. The molecular formula is C21H29ClFN5O4S. The highest BCUT2D eigenvalue weighted by molar-refractivity contribution is 7.86. The minimum absolute atomic E-state index is 0.0412. The molecule has 2 saturated heterocycles. The highest BCUT2D eigenvalue weighted by atomic mass is 35.5. The average molecular weight is 502 g/mol. The number of halogens is 2. The second-order valence-corrected chi connectivity index (χ2v) is 11.2. The second kappa shape index (κ2) is 9.46. The molecule has 2 fully saturated rings. The standard InChI is InChI=1S/C21H29ClFN5O4S/c1-2-15-9-14(10-19(23)28(15)33(31,32)27-5-3-13(24)4-6-27)25-21(30)16-7-12-8-20(29)26-18(12)11-17(16)22/h7,11,13-15,19H,2-6,8-10,24H2,1H3,(H,25,30)(H,26,29)/t14-,15+,19+/m1/s1. The third-order valence-electron chi connectivity index (χ3n) is 6.63. The zero-order valence-corrected chi connectivity index (χ0v) is 20.0. The van der Waals surface area contributed by atoms with Crippen LogP contribution in [0.3, 0.4) is 0 Å². The van der Waals surface area contributed by atoms with E-state index in [9.17, 15) is 18.0 Å². The summed E-state index contributed by atoms with van der Waals surface area (Å²) in [7, 11) is -3.98. The first-order chi connectivity index (χ1) is 15.6. The Morgan fingerprint density at radius 3 is 2.67 bits per heavy atom. The van der Waals surface area contributed by atoms with Crippen molar-refractivity contribution in [1.29, 1.82) is 0 Å². The molecule has 1 aromatic rings.